The molecule has 1 saturated heterocycles. The number of amides is 1. The number of anilines is 1. The van der Waals surface area contributed by atoms with Crippen LogP contribution >= 0.6 is 22.9 Å². The number of hydrogen-bond donors (Lipinski definition) is 1. The van der Waals surface area contributed by atoms with Crippen molar-refractivity contribution in [1.82, 2.24) is 4.98 Å². The van der Waals surface area contributed by atoms with Crippen molar-refractivity contribution in [2.75, 3.05) is 26.2 Å². The molecule has 35 heavy (non-hydrogen) atoms. The number of ether oxygens (including phenoxy) is 3. The number of halogens is 1. The summed E-state index contributed by atoms with van der Waals surface area (Å²) in [5.74, 6) is -0.895. The van der Waals surface area contributed by atoms with Gasteiger partial charge in [-0.1, -0.05) is 23.7 Å². The van der Waals surface area contributed by atoms with Crippen molar-refractivity contribution in [2.45, 2.75) is 19.9 Å². The molecule has 1 aliphatic rings. The van der Waals surface area contributed by atoms with E-state index in [4.69, 9.17) is 25.8 Å². The third-order valence-corrected chi connectivity index (χ3v) is 7.19. The van der Waals surface area contributed by atoms with Crippen LogP contribution in [-0.4, -0.2) is 43.1 Å². The largest absolute Gasteiger partial charge is 0.507 e. The van der Waals surface area contributed by atoms with Crippen molar-refractivity contribution in [3.63, 3.8) is 0 Å². The van der Waals surface area contributed by atoms with Gasteiger partial charge in [0.2, 0.25) is 0 Å². The number of aliphatic hydroxyl groups excluding tert-OH is 1. The summed E-state index contributed by atoms with van der Waals surface area (Å²) < 4.78 is 16.2. The fourth-order valence-electron chi connectivity index (χ4n) is 3.98. The molecule has 0 unspecified atom stereocenters. The number of carbonyl (C=O) groups is 2. The SMILES string of the molecule is COc1ccc(/C(O)=C2\C(=O)C(=O)N(c3nc(C)c(C)s3)[C@@H]2c2cccc(OC)c2OC)cc1Cl. The number of aromatic nitrogens is 1. The lowest BCUT2D eigenvalue weighted by Crippen LogP contribution is -2.29. The number of Topliss-reactive ketones (excluding diaryl/α,β-unsaturated/α-hetero) is 1. The Balaban J connectivity index is 2.01. The molecule has 10 heteroatoms. The van der Waals surface area contributed by atoms with Crippen molar-refractivity contribution < 1.29 is 28.9 Å². The molecule has 1 aliphatic heterocycles. The fraction of sp³-hybridized carbons (Fsp3) is 0.240. The van der Waals surface area contributed by atoms with Crippen LogP contribution in [0.4, 0.5) is 5.13 Å². The summed E-state index contributed by atoms with van der Waals surface area (Å²) in [6, 6.07) is 8.72. The second-order valence-corrected chi connectivity index (χ2v) is 9.33. The van der Waals surface area contributed by atoms with Gasteiger partial charge >= 0.3 is 5.91 Å². The maximum absolute atomic E-state index is 13.4. The second-order valence-electron chi connectivity index (χ2n) is 7.74. The topological polar surface area (TPSA) is 98.2 Å². The number of thiazole rings is 1. The van der Waals surface area contributed by atoms with E-state index in [1.165, 1.54) is 43.6 Å². The average Bonchev–Trinajstić information content (AvgIpc) is 3.32. The predicted octanol–water partition coefficient (Wildman–Crippen LogP) is 5.07. The Labute approximate surface area is 211 Å². The molecule has 0 bridgehead atoms. The Hall–Kier alpha value is -3.56. The lowest BCUT2D eigenvalue weighted by molar-refractivity contribution is -0.132. The lowest BCUT2D eigenvalue weighted by Gasteiger charge is -2.25. The van der Waals surface area contributed by atoms with E-state index >= 15 is 0 Å². The highest BCUT2D eigenvalue weighted by Crippen LogP contribution is 2.48. The number of para-hydroxylation sites is 1. The molecule has 2 aromatic carbocycles. The highest BCUT2D eigenvalue weighted by atomic mass is 35.5. The second kappa shape index (κ2) is 9.59. The molecule has 2 heterocycles. The van der Waals surface area contributed by atoms with E-state index in [0.29, 0.717) is 27.9 Å². The van der Waals surface area contributed by atoms with E-state index in [1.54, 1.807) is 30.3 Å². The van der Waals surface area contributed by atoms with Gasteiger partial charge in [-0.25, -0.2) is 4.98 Å². The summed E-state index contributed by atoms with van der Waals surface area (Å²) in [7, 11) is 4.43. The minimum Gasteiger partial charge on any atom is -0.507 e. The normalized spacial score (nSPS) is 17.1. The highest BCUT2D eigenvalue weighted by Gasteiger charge is 2.49. The third kappa shape index (κ3) is 4.11. The lowest BCUT2D eigenvalue weighted by atomic mass is 9.94. The van der Waals surface area contributed by atoms with Gasteiger partial charge in [0.25, 0.3) is 5.78 Å². The Kier molecular flexibility index (Phi) is 6.73. The molecule has 8 nitrogen and oxygen atoms in total. The zero-order valence-electron chi connectivity index (χ0n) is 19.7. The average molecular weight is 515 g/mol. The van der Waals surface area contributed by atoms with Crippen LogP contribution in [0, 0.1) is 13.8 Å². The van der Waals surface area contributed by atoms with Gasteiger partial charge in [-0.3, -0.25) is 14.5 Å². The van der Waals surface area contributed by atoms with Crippen LogP contribution in [0.15, 0.2) is 42.0 Å². The number of hydrogen-bond acceptors (Lipinski definition) is 8. The van der Waals surface area contributed by atoms with Crippen LogP contribution < -0.4 is 19.1 Å². The van der Waals surface area contributed by atoms with Gasteiger partial charge < -0.3 is 19.3 Å². The number of rotatable bonds is 6. The Morgan fingerprint density at radius 2 is 1.77 bits per heavy atom. The zero-order chi connectivity index (χ0) is 25.4. The van der Waals surface area contributed by atoms with Crippen molar-refractivity contribution in [1.29, 1.82) is 0 Å². The number of aryl methyl sites for hydroxylation is 2. The number of carbonyl (C=O) groups excluding carboxylic acids is 2. The minimum absolute atomic E-state index is 0.117. The molecular weight excluding hydrogens is 492 g/mol. The molecule has 1 aromatic heterocycles. The summed E-state index contributed by atoms with van der Waals surface area (Å²) in [4.78, 5) is 33.4. The third-order valence-electron chi connectivity index (χ3n) is 5.82. The maximum atomic E-state index is 13.4. The van der Waals surface area contributed by atoms with Gasteiger partial charge in [0.05, 0.1) is 37.6 Å². The van der Waals surface area contributed by atoms with Crippen LogP contribution in [0.2, 0.25) is 5.02 Å². The summed E-state index contributed by atoms with van der Waals surface area (Å²) >= 11 is 7.55. The molecule has 182 valence electrons. The molecule has 0 saturated carbocycles. The van der Waals surface area contributed by atoms with Crippen LogP contribution in [0.1, 0.15) is 27.7 Å². The molecule has 1 atom stereocenters. The monoisotopic (exact) mass is 514 g/mol. The summed E-state index contributed by atoms with van der Waals surface area (Å²) in [5.41, 5.74) is 1.34. The van der Waals surface area contributed by atoms with Gasteiger partial charge in [0.1, 0.15) is 17.6 Å². The van der Waals surface area contributed by atoms with E-state index in [2.05, 4.69) is 4.98 Å². The van der Waals surface area contributed by atoms with E-state index in [9.17, 15) is 14.7 Å². The fourth-order valence-corrected chi connectivity index (χ4v) is 5.17. The first kappa shape index (κ1) is 24.6. The molecule has 1 fully saturated rings. The summed E-state index contributed by atoms with van der Waals surface area (Å²) in [6.45, 7) is 3.71. The molecule has 0 aliphatic carbocycles. The molecule has 0 spiro atoms. The quantitative estimate of drug-likeness (QED) is 0.279. The predicted molar refractivity (Wildman–Crippen MR) is 134 cm³/mol. The Morgan fingerprint density at radius 3 is 2.34 bits per heavy atom. The summed E-state index contributed by atoms with van der Waals surface area (Å²) in [5, 5.41) is 11.9. The van der Waals surface area contributed by atoms with Crippen molar-refractivity contribution >= 4 is 45.5 Å². The first-order valence-corrected chi connectivity index (χ1v) is 11.7. The van der Waals surface area contributed by atoms with Crippen LogP contribution in [0.5, 0.6) is 17.2 Å². The molecule has 3 aromatic rings. The van der Waals surface area contributed by atoms with E-state index in [-0.39, 0.29) is 21.9 Å². The minimum atomic E-state index is -1.02. The van der Waals surface area contributed by atoms with Crippen LogP contribution in [0.25, 0.3) is 5.76 Å². The van der Waals surface area contributed by atoms with E-state index in [1.807, 2.05) is 13.8 Å². The molecule has 1 N–H and O–H groups in total. The van der Waals surface area contributed by atoms with Gasteiger partial charge in [-0.2, -0.15) is 0 Å². The van der Waals surface area contributed by atoms with E-state index < -0.39 is 17.7 Å². The maximum Gasteiger partial charge on any atom is 0.301 e. The summed E-state index contributed by atoms with van der Waals surface area (Å²) in [6.07, 6.45) is 0. The van der Waals surface area contributed by atoms with Gasteiger partial charge in [0, 0.05) is 16.0 Å². The van der Waals surface area contributed by atoms with E-state index in [0.717, 1.165) is 10.6 Å². The number of nitrogens with zero attached hydrogens (tertiary/aromatic N) is 2. The number of ketones is 1. The van der Waals surface area contributed by atoms with Crippen LogP contribution in [0.3, 0.4) is 0 Å². The molecule has 4 rings (SSSR count). The van der Waals surface area contributed by atoms with Crippen molar-refractivity contribution in [3.8, 4) is 17.2 Å². The molecule has 1 amide bonds. The first-order valence-electron chi connectivity index (χ1n) is 10.5. The molecule has 0 radical (unpaired) electrons. The van der Waals surface area contributed by atoms with Crippen LogP contribution in [-0.2, 0) is 9.59 Å². The first-order chi connectivity index (χ1) is 16.7. The number of aliphatic hydroxyl groups is 1. The highest BCUT2D eigenvalue weighted by molar-refractivity contribution is 7.16. The van der Waals surface area contributed by atoms with Crippen molar-refractivity contribution in [3.05, 3.63) is 68.7 Å². The smallest absolute Gasteiger partial charge is 0.301 e. The Morgan fingerprint density at radius 1 is 1.06 bits per heavy atom. The molecular formula is C25H23ClN2O6S. The van der Waals surface area contributed by atoms with Gasteiger partial charge in [0.15, 0.2) is 16.6 Å². The van der Waals surface area contributed by atoms with Gasteiger partial charge in [-0.05, 0) is 38.1 Å². The standard InChI is InChI=1S/C25H23ClN2O6S/c1-12-13(2)35-25(27-12)28-20(15-7-6-8-18(33-4)23(15)34-5)19(22(30)24(28)31)21(29)14-9-10-17(32-3)16(26)11-14/h6-11,20,29H,1-5H3/b21-19+/t20-/m1/s1. The number of benzene rings is 2. The van der Waals surface area contributed by atoms with Crippen molar-refractivity contribution in [2.24, 2.45) is 0 Å². The van der Waals surface area contributed by atoms with Gasteiger partial charge in [-0.15, -0.1) is 11.3 Å². The number of methoxy groups -OCH3 is 3. The zero-order valence-corrected chi connectivity index (χ0v) is 21.3. The Bertz CT molecular complexity index is 1350.